The maximum absolute atomic E-state index is 13.8. The van der Waals surface area contributed by atoms with Crippen molar-refractivity contribution in [2.45, 2.75) is 50.2 Å². The van der Waals surface area contributed by atoms with Crippen molar-refractivity contribution in [3.8, 4) is 5.75 Å². The van der Waals surface area contributed by atoms with Crippen LogP contribution >= 0.6 is 11.8 Å². The molecule has 1 amide bonds. The van der Waals surface area contributed by atoms with Crippen LogP contribution in [0.3, 0.4) is 0 Å². The Labute approximate surface area is 166 Å². The first-order valence-corrected chi connectivity index (χ1v) is 10.6. The molecule has 0 aliphatic carbocycles. The highest BCUT2D eigenvalue weighted by Crippen LogP contribution is 2.23. The van der Waals surface area contributed by atoms with Gasteiger partial charge in [0.15, 0.2) is 0 Å². The minimum absolute atomic E-state index is 0.234. The average Bonchev–Trinajstić information content (AvgIpc) is 2.60. The zero-order chi connectivity index (χ0) is 20.0. The standard InChI is InChI=1S/C20H31FN2O3S/c1-20(2,3)26-19(24)23-10-8-15(9-11-23)22(4)12-13-25-16-6-7-18(27-5)17(21)14-16/h6-7,14-15H,8-13H2,1-5H3. The molecule has 1 aliphatic heterocycles. The van der Waals surface area contributed by atoms with Crippen molar-refractivity contribution in [3.05, 3.63) is 24.0 Å². The number of rotatable bonds is 6. The first kappa shape index (κ1) is 21.8. The van der Waals surface area contributed by atoms with E-state index in [0.29, 0.717) is 36.4 Å². The second kappa shape index (κ2) is 9.64. The number of carbonyl (C=O) groups excluding carboxylic acids is 1. The predicted molar refractivity (Wildman–Crippen MR) is 107 cm³/mol. The van der Waals surface area contributed by atoms with E-state index in [0.717, 1.165) is 19.4 Å². The molecule has 5 nitrogen and oxygen atoms in total. The van der Waals surface area contributed by atoms with Gasteiger partial charge in [0, 0.05) is 36.6 Å². The van der Waals surface area contributed by atoms with Crippen molar-refractivity contribution in [2.24, 2.45) is 0 Å². The number of likely N-dealkylation sites (tertiary alicyclic amines) is 1. The van der Waals surface area contributed by atoms with E-state index in [-0.39, 0.29) is 11.9 Å². The number of piperidine rings is 1. The van der Waals surface area contributed by atoms with Crippen molar-refractivity contribution in [3.63, 3.8) is 0 Å². The van der Waals surface area contributed by atoms with E-state index < -0.39 is 5.60 Å². The van der Waals surface area contributed by atoms with Gasteiger partial charge in [0.25, 0.3) is 0 Å². The third-order valence-corrected chi connectivity index (χ3v) is 5.35. The molecule has 0 aromatic heterocycles. The van der Waals surface area contributed by atoms with Crippen LogP contribution in [0.2, 0.25) is 0 Å². The Kier molecular flexibility index (Phi) is 7.79. The summed E-state index contributed by atoms with van der Waals surface area (Å²) in [6, 6.07) is 5.38. The molecule has 2 rings (SSSR count). The van der Waals surface area contributed by atoms with Crippen LogP contribution in [0.15, 0.2) is 23.1 Å². The molecule has 0 atom stereocenters. The molecule has 0 radical (unpaired) electrons. The molecule has 0 unspecified atom stereocenters. The molecule has 152 valence electrons. The maximum Gasteiger partial charge on any atom is 0.410 e. The minimum Gasteiger partial charge on any atom is -0.492 e. The predicted octanol–water partition coefficient (Wildman–Crippen LogP) is 4.26. The summed E-state index contributed by atoms with van der Waals surface area (Å²) in [6.45, 7) is 8.30. The van der Waals surface area contributed by atoms with E-state index in [1.54, 1.807) is 17.0 Å². The number of likely N-dealkylation sites (N-methyl/N-ethyl adjacent to an activating group) is 1. The number of hydrogen-bond donors (Lipinski definition) is 0. The largest absolute Gasteiger partial charge is 0.492 e. The van der Waals surface area contributed by atoms with Crippen molar-refractivity contribution in [1.82, 2.24) is 9.80 Å². The molecular formula is C20H31FN2O3S. The summed E-state index contributed by atoms with van der Waals surface area (Å²) < 4.78 is 24.9. The zero-order valence-corrected chi connectivity index (χ0v) is 17.8. The molecule has 0 saturated carbocycles. The van der Waals surface area contributed by atoms with Gasteiger partial charge in [-0.1, -0.05) is 0 Å². The van der Waals surface area contributed by atoms with Crippen molar-refractivity contribution >= 4 is 17.9 Å². The first-order chi connectivity index (χ1) is 12.7. The smallest absolute Gasteiger partial charge is 0.410 e. The van der Waals surface area contributed by atoms with Crippen molar-refractivity contribution in [2.75, 3.05) is 39.5 Å². The van der Waals surface area contributed by atoms with Gasteiger partial charge in [-0.05, 0) is 59.0 Å². The molecule has 1 aliphatic rings. The van der Waals surface area contributed by atoms with Crippen LogP contribution in [0.1, 0.15) is 33.6 Å². The van der Waals surface area contributed by atoms with Gasteiger partial charge < -0.3 is 14.4 Å². The van der Waals surface area contributed by atoms with Gasteiger partial charge in [-0.3, -0.25) is 4.90 Å². The van der Waals surface area contributed by atoms with E-state index in [4.69, 9.17) is 9.47 Å². The molecular weight excluding hydrogens is 367 g/mol. The highest BCUT2D eigenvalue weighted by Gasteiger charge is 2.28. The van der Waals surface area contributed by atoms with Crippen LogP contribution in [0.5, 0.6) is 5.75 Å². The number of ether oxygens (including phenoxy) is 2. The fraction of sp³-hybridized carbons (Fsp3) is 0.650. The lowest BCUT2D eigenvalue weighted by molar-refractivity contribution is 0.0151. The van der Waals surface area contributed by atoms with Crippen molar-refractivity contribution < 1.29 is 18.7 Å². The van der Waals surface area contributed by atoms with Crippen LogP contribution in [0.4, 0.5) is 9.18 Å². The quantitative estimate of drug-likeness (QED) is 0.670. The van der Waals surface area contributed by atoms with Gasteiger partial charge >= 0.3 is 6.09 Å². The molecule has 1 saturated heterocycles. The van der Waals surface area contributed by atoms with Crippen LogP contribution < -0.4 is 4.74 Å². The summed E-state index contributed by atoms with van der Waals surface area (Å²) in [5.41, 5.74) is -0.463. The Morgan fingerprint density at radius 3 is 2.56 bits per heavy atom. The number of thioether (sulfide) groups is 1. The Morgan fingerprint density at radius 2 is 2.00 bits per heavy atom. The lowest BCUT2D eigenvalue weighted by Crippen LogP contribution is -2.47. The molecule has 0 bridgehead atoms. The second-order valence-corrected chi connectivity index (χ2v) is 8.67. The number of hydrogen-bond acceptors (Lipinski definition) is 5. The highest BCUT2D eigenvalue weighted by molar-refractivity contribution is 7.98. The van der Waals surface area contributed by atoms with Gasteiger partial charge in [-0.15, -0.1) is 11.8 Å². The Morgan fingerprint density at radius 1 is 1.33 bits per heavy atom. The lowest BCUT2D eigenvalue weighted by Gasteiger charge is -2.37. The number of benzene rings is 1. The highest BCUT2D eigenvalue weighted by atomic mass is 32.2. The Hall–Kier alpha value is -1.47. The average molecular weight is 399 g/mol. The van der Waals surface area contributed by atoms with Crippen molar-refractivity contribution in [1.29, 1.82) is 0 Å². The molecule has 0 spiro atoms. The summed E-state index contributed by atoms with van der Waals surface area (Å²) in [4.78, 5) is 16.8. The van der Waals surface area contributed by atoms with E-state index in [1.165, 1.54) is 17.8 Å². The molecule has 1 fully saturated rings. The van der Waals surface area contributed by atoms with Gasteiger partial charge in [-0.25, -0.2) is 9.18 Å². The summed E-state index contributed by atoms with van der Waals surface area (Å²) in [5.74, 6) is 0.307. The van der Waals surface area contributed by atoms with Gasteiger partial charge in [0.2, 0.25) is 0 Å². The monoisotopic (exact) mass is 398 g/mol. The van der Waals surface area contributed by atoms with E-state index >= 15 is 0 Å². The second-order valence-electron chi connectivity index (χ2n) is 7.82. The molecule has 27 heavy (non-hydrogen) atoms. The summed E-state index contributed by atoms with van der Waals surface area (Å²) in [5, 5.41) is 0. The van der Waals surface area contributed by atoms with Crippen LogP contribution in [-0.4, -0.2) is 67.1 Å². The topological polar surface area (TPSA) is 42.0 Å². The Bertz CT molecular complexity index is 628. The Balaban J connectivity index is 1.72. The molecule has 1 aromatic carbocycles. The maximum atomic E-state index is 13.8. The molecule has 1 heterocycles. The molecule has 7 heteroatoms. The van der Waals surface area contributed by atoms with Crippen LogP contribution in [-0.2, 0) is 4.74 Å². The first-order valence-electron chi connectivity index (χ1n) is 9.34. The molecule has 0 N–H and O–H groups in total. The number of carbonyl (C=O) groups is 1. The van der Waals surface area contributed by atoms with Gasteiger partial charge in [0.1, 0.15) is 23.8 Å². The third kappa shape index (κ3) is 6.88. The number of halogens is 1. The third-order valence-electron chi connectivity index (χ3n) is 4.58. The number of nitrogens with zero attached hydrogens (tertiary/aromatic N) is 2. The SMILES string of the molecule is CSc1ccc(OCCN(C)C2CCN(C(=O)OC(C)(C)C)CC2)cc1F. The minimum atomic E-state index is -0.463. The van der Waals surface area contributed by atoms with Crippen LogP contribution in [0.25, 0.3) is 0 Å². The van der Waals surface area contributed by atoms with E-state index in [1.807, 2.05) is 27.0 Å². The van der Waals surface area contributed by atoms with E-state index in [9.17, 15) is 9.18 Å². The lowest BCUT2D eigenvalue weighted by atomic mass is 10.0. The summed E-state index contributed by atoms with van der Waals surface area (Å²) in [6.07, 6.45) is 3.43. The van der Waals surface area contributed by atoms with Gasteiger partial charge in [0.05, 0.1) is 0 Å². The fourth-order valence-electron chi connectivity index (χ4n) is 3.04. The summed E-state index contributed by atoms with van der Waals surface area (Å²) in [7, 11) is 2.06. The van der Waals surface area contributed by atoms with Crippen LogP contribution in [0, 0.1) is 5.82 Å². The zero-order valence-electron chi connectivity index (χ0n) is 17.0. The fourth-order valence-corrected chi connectivity index (χ4v) is 3.50. The van der Waals surface area contributed by atoms with Gasteiger partial charge in [-0.2, -0.15) is 0 Å². The number of amides is 1. The molecule has 1 aromatic rings. The summed E-state index contributed by atoms with van der Waals surface area (Å²) >= 11 is 1.38. The van der Waals surface area contributed by atoms with E-state index in [2.05, 4.69) is 11.9 Å². The normalized spacial score (nSPS) is 15.9.